The van der Waals surface area contributed by atoms with Crippen LogP contribution in [0.15, 0.2) is 127 Å². The summed E-state index contributed by atoms with van der Waals surface area (Å²) in [6.45, 7) is 11.6. The van der Waals surface area contributed by atoms with Gasteiger partial charge in [-0.15, -0.1) is 0 Å². The molecule has 1 atom stereocenters. The lowest BCUT2D eigenvalue weighted by Gasteiger charge is -2.27. The Morgan fingerprint density at radius 2 is 1.52 bits per heavy atom. The quantitative estimate of drug-likeness (QED) is 0.135. The lowest BCUT2D eigenvalue weighted by molar-refractivity contribution is -0.144. The zero-order chi connectivity index (χ0) is 36.6. The molecular formula is C43H54N4O3. The van der Waals surface area contributed by atoms with E-state index in [4.69, 9.17) is 15.2 Å². The van der Waals surface area contributed by atoms with Gasteiger partial charge in [0.05, 0.1) is 11.4 Å². The van der Waals surface area contributed by atoms with Gasteiger partial charge in [0.1, 0.15) is 17.4 Å². The Morgan fingerprint density at radius 1 is 0.940 bits per heavy atom. The molecule has 2 aromatic heterocycles. The van der Waals surface area contributed by atoms with Crippen LogP contribution >= 0.6 is 0 Å². The van der Waals surface area contributed by atoms with E-state index in [9.17, 15) is 10.1 Å². The number of fused-ring (bicyclic) bond motifs is 3. The van der Waals surface area contributed by atoms with Crippen molar-refractivity contribution in [2.24, 2.45) is 5.73 Å². The SMILES string of the molecule is C/C=C\C/C=C\C/C=C\C/C=C\C/C=C\C/C=C\CC.CC.CC(=O)OCn1ccc2c3c(ccc21)C(c1cncc(C)c1)C(C#N)=C(N)O3. The summed E-state index contributed by atoms with van der Waals surface area (Å²) in [5, 5.41) is 10.5. The lowest BCUT2D eigenvalue weighted by atomic mass is 9.83. The fourth-order valence-corrected chi connectivity index (χ4v) is 5.10. The second kappa shape index (κ2) is 23.9. The first-order valence-electron chi connectivity index (χ1n) is 17.5. The first kappa shape index (κ1) is 40.8. The van der Waals surface area contributed by atoms with E-state index in [1.165, 1.54) is 6.92 Å². The molecule has 0 radical (unpaired) electrons. The summed E-state index contributed by atoms with van der Waals surface area (Å²) in [6.07, 6.45) is 38.1. The predicted molar refractivity (Wildman–Crippen MR) is 207 cm³/mol. The van der Waals surface area contributed by atoms with E-state index in [1.54, 1.807) is 12.4 Å². The lowest BCUT2D eigenvalue weighted by Crippen LogP contribution is -2.21. The highest BCUT2D eigenvalue weighted by Crippen LogP contribution is 2.45. The van der Waals surface area contributed by atoms with Gasteiger partial charge in [0.2, 0.25) is 5.88 Å². The van der Waals surface area contributed by atoms with Crippen molar-refractivity contribution in [2.45, 2.75) is 92.7 Å². The number of benzene rings is 1. The molecule has 4 rings (SSSR count). The highest BCUT2D eigenvalue weighted by molar-refractivity contribution is 5.89. The Kier molecular flexibility index (Phi) is 19.5. The fraction of sp³-hybridized carbons (Fsp3) is 0.326. The van der Waals surface area contributed by atoms with Crippen molar-refractivity contribution >= 4 is 16.9 Å². The van der Waals surface area contributed by atoms with E-state index in [0.29, 0.717) is 11.3 Å². The zero-order valence-corrected chi connectivity index (χ0v) is 30.6. The van der Waals surface area contributed by atoms with Crippen molar-refractivity contribution in [3.05, 3.63) is 144 Å². The highest BCUT2D eigenvalue weighted by Gasteiger charge is 2.32. The van der Waals surface area contributed by atoms with Crippen LogP contribution in [-0.4, -0.2) is 15.5 Å². The maximum atomic E-state index is 11.1. The number of carbonyl (C=O) groups is 1. The number of nitrogens with two attached hydrogens (primary N) is 1. The van der Waals surface area contributed by atoms with Crippen molar-refractivity contribution < 1.29 is 14.3 Å². The molecule has 0 saturated heterocycles. The molecule has 264 valence electrons. The molecular weight excluding hydrogens is 620 g/mol. The van der Waals surface area contributed by atoms with Gasteiger partial charge in [-0.25, -0.2) is 0 Å². The van der Waals surface area contributed by atoms with Crippen LogP contribution in [0.5, 0.6) is 5.75 Å². The molecule has 1 unspecified atom stereocenters. The van der Waals surface area contributed by atoms with E-state index in [1.807, 2.05) is 55.8 Å². The number of pyridine rings is 1. The van der Waals surface area contributed by atoms with Gasteiger partial charge in [-0.3, -0.25) is 9.78 Å². The number of aryl methyl sites for hydroxylation is 1. The van der Waals surface area contributed by atoms with Crippen molar-refractivity contribution in [2.75, 3.05) is 0 Å². The van der Waals surface area contributed by atoms with Crippen LogP contribution in [0.1, 0.15) is 95.8 Å². The van der Waals surface area contributed by atoms with Crippen LogP contribution in [0.3, 0.4) is 0 Å². The number of nitrogens with zero attached hydrogens (tertiary/aromatic N) is 3. The third-order valence-electron chi connectivity index (χ3n) is 7.43. The van der Waals surface area contributed by atoms with Crippen LogP contribution in [0.25, 0.3) is 10.9 Å². The van der Waals surface area contributed by atoms with Crippen LogP contribution in [-0.2, 0) is 16.3 Å². The maximum Gasteiger partial charge on any atom is 0.304 e. The number of esters is 1. The third-order valence-corrected chi connectivity index (χ3v) is 7.43. The number of ether oxygens (including phenoxy) is 2. The Bertz CT molecular complexity index is 1740. The van der Waals surface area contributed by atoms with Crippen molar-refractivity contribution in [3.63, 3.8) is 0 Å². The summed E-state index contributed by atoms with van der Waals surface area (Å²) in [6, 6.07) is 9.90. The number of carbonyl (C=O) groups excluding carboxylic acids is 1. The number of aromatic nitrogens is 2. The summed E-state index contributed by atoms with van der Waals surface area (Å²) < 4.78 is 12.8. The smallest absolute Gasteiger partial charge is 0.304 e. The summed E-state index contributed by atoms with van der Waals surface area (Å²) in [5.74, 6) is -0.0277. The van der Waals surface area contributed by atoms with E-state index < -0.39 is 0 Å². The second-order valence-electron chi connectivity index (χ2n) is 11.2. The topological polar surface area (TPSA) is 103 Å². The van der Waals surface area contributed by atoms with Crippen LogP contribution < -0.4 is 10.5 Å². The molecule has 0 bridgehead atoms. The number of nitriles is 1. The molecule has 0 spiro atoms. The van der Waals surface area contributed by atoms with Gasteiger partial charge < -0.3 is 19.8 Å². The molecule has 1 aliphatic rings. The van der Waals surface area contributed by atoms with Crippen molar-refractivity contribution in [3.8, 4) is 11.8 Å². The molecule has 0 aliphatic carbocycles. The van der Waals surface area contributed by atoms with Gasteiger partial charge in [0.25, 0.3) is 0 Å². The number of allylic oxidation sites excluding steroid dienone is 13. The fourth-order valence-electron chi connectivity index (χ4n) is 5.10. The molecule has 7 nitrogen and oxygen atoms in total. The Labute approximate surface area is 299 Å². The first-order valence-corrected chi connectivity index (χ1v) is 17.5. The van der Waals surface area contributed by atoms with Gasteiger partial charge >= 0.3 is 5.97 Å². The van der Waals surface area contributed by atoms with Crippen LogP contribution in [0.4, 0.5) is 0 Å². The Hall–Kier alpha value is -5.35. The minimum atomic E-state index is -0.359. The Morgan fingerprint density at radius 3 is 2.04 bits per heavy atom. The molecule has 0 amide bonds. The molecule has 1 aromatic carbocycles. The molecule has 0 fully saturated rings. The Balaban J connectivity index is 0.000000351. The monoisotopic (exact) mass is 674 g/mol. The van der Waals surface area contributed by atoms with E-state index in [2.05, 4.69) is 97.8 Å². The zero-order valence-electron chi connectivity index (χ0n) is 30.6. The maximum absolute atomic E-state index is 11.1. The number of hydrogen-bond acceptors (Lipinski definition) is 6. The summed E-state index contributed by atoms with van der Waals surface area (Å²) in [5.41, 5.74) is 10.0. The van der Waals surface area contributed by atoms with Crippen molar-refractivity contribution in [1.82, 2.24) is 9.55 Å². The molecule has 0 saturated carbocycles. The molecule has 3 heterocycles. The van der Waals surface area contributed by atoms with Gasteiger partial charge in [-0.05, 0) is 75.6 Å². The van der Waals surface area contributed by atoms with Gasteiger partial charge in [-0.1, -0.05) is 106 Å². The minimum Gasteiger partial charge on any atom is -0.444 e. The highest BCUT2D eigenvalue weighted by atomic mass is 16.5. The summed E-state index contributed by atoms with van der Waals surface area (Å²) >= 11 is 0. The molecule has 7 heteroatoms. The standard InChI is InChI=1S/C21H18N4O3.C20H30.C2H6/c1-12-7-14(10-24-9-12)19-16-3-4-18-15(5-6-25(18)11-27-13(2)26)20(16)28-21(23)17(19)8-22;1-3-5-7-9-11-13-15-17-19-20-18-16-14-12-10-8-6-4-2;1-2/h3-7,9-10,19H,11,23H2,1-2H3;3,5-6,8-9,11-12,14-15,17-18,20H,4,7,10,13,16,19H2,1-2H3;1-2H3/b;5-3-,8-6-,11-9-,14-12-,17-15-,20-18-;. The van der Waals surface area contributed by atoms with E-state index >= 15 is 0 Å². The second-order valence-corrected chi connectivity index (χ2v) is 11.2. The largest absolute Gasteiger partial charge is 0.444 e. The summed E-state index contributed by atoms with van der Waals surface area (Å²) in [7, 11) is 0. The minimum absolute atomic E-state index is 0.0849. The normalized spacial score (nSPS) is 14.3. The van der Waals surface area contributed by atoms with Crippen LogP contribution in [0, 0.1) is 18.3 Å². The van der Waals surface area contributed by atoms with E-state index in [-0.39, 0.29) is 24.5 Å². The summed E-state index contributed by atoms with van der Waals surface area (Å²) in [4.78, 5) is 15.4. The van der Waals surface area contributed by atoms with E-state index in [0.717, 1.165) is 66.1 Å². The molecule has 2 N–H and O–H groups in total. The van der Waals surface area contributed by atoms with Gasteiger partial charge in [-0.2, -0.15) is 5.26 Å². The molecule has 3 aromatic rings. The number of rotatable bonds is 14. The predicted octanol–water partition coefficient (Wildman–Crippen LogP) is 10.8. The average Bonchev–Trinajstić information content (AvgIpc) is 3.54. The van der Waals surface area contributed by atoms with Gasteiger partial charge in [0, 0.05) is 36.5 Å². The first-order chi connectivity index (χ1) is 24.4. The average molecular weight is 675 g/mol. The molecule has 50 heavy (non-hydrogen) atoms. The van der Waals surface area contributed by atoms with Gasteiger partial charge in [0.15, 0.2) is 6.73 Å². The van der Waals surface area contributed by atoms with Crippen LogP contribution in [0.2, 0.25) is 0 Å². The molecule has 1 aliphatic heterocycles. The number of hydrogen-bond donors (Lipinski definition) is 1. The third kappa shape index (κ3) is 13.3. The van der Waals surface area contributed by atoms with Crippen molar-refractivity contribution in [1.29, 1.82) is 5.26 Å².